The van der Waals surface area contributed by atoms with E-state index >= 15 is 0 Å². The Kier molecular flexibility index (Phi) is 3.88. The summed E-state index contributed by atoms with van der Waals surface area (Å²) in [6.07, 6.45) is 0.750. The van der Waals surface area contributed by atoms with Crippen LogP contribution in [0.2, 0.25) is 0 Å². The van der Waals surface area contributed by atoms with Crippen molar-refractivity contribution in [1.82, 2.24) is 0 Å². The van der Waals surface area contributed by atoms with E-state index in [1.54, 1.807) is 0 Å². The van der Waals surface area contributed by atoms with Gasteiger partial charge in [0.05, 0.1) is 12.3 Å². The SMILES string of the molecule is Cc1cccc(COS(=O)O)c1C1=NOCC1. The summed E-state index contributed by atoms with van der Waals surface area (Å²) < 4.78 is 23.9. The van der Waals surface area contributed by atoms with Gasteiger partial charge in [0.1, 0.15) is 6.61 Å². The van der Waals surface area contributed by atoms with Crippen molar-refractivity contribution in [3.63, 3.8) is 0 Å². The van der Waals surface area contributed by atoms with Gasteiger partial charge >= 0.3 is 11.4 Å². The van der Waals surface area contributed by atoms with Crippen LogP contribution in [-0.2, 0) is 27.0 Å². The smallest absolute Gasteiger partial charge is 0.302 e. The molecule has 0 saturated carbocycles. The second-order valence-corrected chi connectivity index (χ2v) is 4.38. The Balaban J connectivity index is 2.30. The molecule has 0 aliphatic carbocycles. The molecular weight excluding hydrogens is 242 g/mol. The molecule has 2 rings (SSSR count). The van der Waals surface area contributed by atoms with Gasteiger partial charge in [-0.15, -0.1) is 0 Å². The van der Waals surface area contributed by atoms with Crippen molar-refractivity contribution in [3.05, 3.63) is 34.9 Å². The minimum absolute atomic E-state index is 0.0825. The lowest BCUT2D eigenvalue weighted by molar-refractivity contribution is 0.174. The minimum atomic E-state index is -2.25. The van der Waals surface area contributed by atoms with Crippen LogP contribution in [0.1, 0.15) is 23.1 Å². The van der Waals surface area contributed by atoms with E-state index in [2.05, 4.69) is 5.16 Å². The van der Waals surface area contributed by atoms with Gasteiger partial charge < -0.3 is 4.84 Å². The number of hydrogen-bond acceptors (Lipinski definition) is 4. The number of benzene rings is 1. The maximum Gasteiger partial charge on any atom is 0.302 e. The van der Waals surface area contributed by atoms with Crippen LogP contribution in [0.4, 0.5) is 0 Å². The monoisotopic (exact) mass is 255 g/mol. The fourth-order valence-corrected chi connectivity index (χ4v) is 2.09. The highest BCUT2D eigenvalue weighted by Crippen LogP contribution is 2.20. The Morgan fingerprint density at radius 1 is 1.59 bits per heavy atom. The molecular formula is C11H13NO4S. The van der Waals surface area contributed by atoms with Crippen molar-refractivity contribution >= 4 is 17.1 Å². The summed E-state index contributed by atoms with van der Waals surface area (Å²) in [7, 11) is 0. The van der Waals surface area contributed by atoms with Crippen molar-refractivity contribution < 1.29 is 17.8 Å². The fourth-order valence-electron chi connectivity index (χ4n) is 1.86. The van der Waals surface area contributed by atoms with E-state index in [0.717, 1.165) is 28.8 Å². The largest absolute Gasteiger partial charge is 0.395 e. The van der Waals surface area contributed by atoms with Gasteiger partial charge in [0.15, 0.2) is 0 Å². The second-order valence-electron chi connectivity index (χ2n) is 3.71. The minimum Gasteiger partial charge on any atom is -0.395 e. The van der Waals surface area contributed by atoms with Gasteiger partial charge in [0.2, 0.25) is 0 Å². The van der Waals surface area contributed by atoms with Gasteiger partial charge in [-0.1, -0.05) is 23.4 Å². The molecule has 1 aliphatic rings. The Hall–Kier alpha value is -1.24. The Labute approximate surface area is 102 Å². The van der Waals surface area contributed by atoms with Crippen LogP contribution in [-0.4, -0.2) is 21.1 Å². The fraction of sp³-hybridized carbons (Fsp3) is 0.364. The van der Waals surface area contributed by atoms with Crippen molar-refractivity contribution in [2.24, 2.45) is 5.16 Å². The topological polar surface area (TPSA) is 68.1 Å². The molecule has 0 spiro atoms. The summed E-state index contributed by atoms with van der Waals surface area (Å²) >= 11 is -2.25. The lowest BCUT2D eigenvalue weighted by Gasteiger charge is -2.10. The average Bonchev–Trinajstić information content (AvgIpc) is 2.79. The third-order valence-corrected chi connectivity index (χ3v) is 2.89. The van der Waals surface area contributed by atoms with Crippen LogP contribution < -0.4 is 0 Å². The van der Waals surface area contributed by atoms with Crippen molar-refractivity contribution in [2.45, 2.75) is 20.0 Å². The van der Waals surface area contributed by atoms with Crippen LogP contribution in [0, 0.1) is 6.92 Å². The van der Waals surface area contributed by atoms with Gasteiger partial charge in [-0.25, -0.2) is 0 Å². The van der Waals surface area contributed by atoms with Gasteiger partial charge in [-0.05, 0) is 18.1 Å². The highest BCUT2D eigenvalue weighted by atomic mass is 32.2. The number of aryl methyl sites for hydroxylation is 1. The summed E-state index contributed by atoms with van der Waals surface area (Å²) in [5.41, 5.74) is 3.72. The summed E-state index contributed by atoms with van der Waals surface area (Å²) in [6.45, 7) is 2.63. The van der Waals surface area contributed by atoms with Crippen LogP contribution in [0.25, 0.3) is 0 Å². The molecule has 1 aromatic rings. The predicted octanol–water partition coefficient (Wildman–Crippen LogP) is 1.77. The second kappa shape index (κ2) is 5.39. The Morgan fingerprint density at radius 2 is 2.41 bits per heavy atom. The quantitative estimate of drug-likeness (QED) is 0.833. The van der Waals surface area contributed by atoms with Crippen LogP contribution in [0.15, 0.2) is 23.4 Å². The molecule has 17 heavy (non-hydrogen) atoms. The van der Waals surface area contributed by atoms with Gasteiger partial charge in [-0.2, -0.15) is 4.21 Å². The molecule has 0 saturated heterocycles. The molecule has 0 amide bonds. The maximum atomic E-state index is 10.5. The lowest BCUT2D eigenvalue weighted by atomic mass is 9.97. The van der Waals surface area contributed by atoms with E-state index < -0.39 is 11.4 Å². The molecule has 0 fully saturated rings. The van der Waals surface area contributed by atoms with E-state index in [-0.39, 0.29) is 6.61 Å². The van der Waals surface area contributed by atoms with E-state index in [0.29, 0.717) is 6.61 Å². The molecule has 1 aliphatic heterocycles. The van der Waals surface area contributed by atoms with E-state index in [4.69, 9.17) is 13.6 Å². The van der Waals surface area contributed by atoms with E-state index in [1.807, 2.05) is 25.1 Å². The third kappa shape index (κ3) is 2.91. The van der Waals surface area contributed by atoms with Gasteiger partial charge in [0, 0.05) is 12.0 Å². The summed E-state index contributed by atoms with van der Waals surface area (Å²) in [4.78, 5) is 4.98. The number of oxime groups is 1. The number of rotatable bonds is 4. The molecule has 1 N–H and O–H groups in total. The summed E-state index contributed by atoms with van der Waals surface area (Å²) in [5, 5.41) is 3.98. The predicted molar refractivity (Wildman–Crippen MR) is 63.8 cm³/mol. The van der Waals surface area contributed by atoms with Crippen LogP contribution >= 0.6 is 0 Å². The molecule has 5 nitrogen and oxygen atoms in total. The van der Waals surface area contributed by atoms with E-state index in [1.165, 1.54) is 0 Å². The average molecular weight is 255 g/mol. The molecule has 0 aromatic heterocycles. The zero-order valence-electron chi connectivity index (χ0n) is 9.38. The first-order chi connectivity index (χ1) is 8.18. The van der Waals surface area contributed by atoms with Gasteiger partial charge in [0.25, 0.3) is 0 Å². The molecule has 1 heterocycles. The van der Waals surface area contributed by atoms with Crippen LogP contribution in [0.3, 0.4) is 0 Å². The third-order valence-electron chi connectivity index (χ3n) is 2.57. The molecule has 6 heteroatoms. The number of hydrogen-bond donors (Lipinski definition) is 1. The first-order valence-electron chi connectivity index (χ1n) is 5.20. The Morgan fingerprint density at radius 3 is 3.06 bits per heavy atom. The highest BCUT2D eigenvalue weighted by Gasteiger charge is 2.17. The lowest BCUT2D eigenvalue weighted by Crippen LogP contribution is -2.07. The van der Waals surface area contributed by atoms with Crippen molar-refractivity contribution in [3.8, 4) is 0 Å². The van der Waals surface area contributed by atoms with E-state index in [9.17, 15) is 4.21 Å². The first-order valence-corrected chi connectivity index (χ1v) is 6.23. The zero-order chi connectivity index (χ0) is 12.3. The highest BCUT2D eigenvalue weighted by molar-refractivity contribution is 7.74. The Bertz CT molecular complexity index is 473. The van der Waals surface area contributed by atoms with Crippen LogP contribution in [0.5, 0.6) is 0 Å². The first kappa shape index (κ1) is 12.2. The zero-order valence-corrected chi connectivity index (χ0v) is 10.2. The van der Waals surface area contributed by atoms with Crippen molar-refractivity contribution in [1.29, 1.82) is 0 Å². The molecule has 1 unspecified atom stereocenters. The standard InChI is InChI=1S/C11H13NO4S/c1-8-3-2-4-9(7-16-17(13)14)11(8)10-5-6-15-12-10/h2-4H,5-7H2,1H3,(H,13,14). The molecule has 0 radical (unpaired) electrons. The summed E-state index contributed by atoms with van der Waals surface area (Å²) in [5.74, 6) is 0. The molecule has 92 valence electrons. The molecule has 1 atom stereocenters. The van der Waals surface area contributed by atoms with Crippen molar-refractivity contribution in [2.75, 3.05) is 6.61 Å². The molecule has 1 aromatic carbocycles. The molecule has 0 bridgehead atoms. The number of nitrogens with zero attached hydrogens (tertiary/aromatic N) is 1. The normalized spacial score (nSPS) is 16.5. The van der Waals surface area contributed by atoms with Gasteiger partial charge in [-0.3, -0.25) is 8.74 Å². The maximum absolute atomic E-state index is 10.5. The summed E-state index contributed by atoms with van der Waals surface area (Å²) in [6, 6.07) is 5.71.